The number of nitrogens with zero attached hydrogens (tertiary/aromatic N) is 1. The molecular weight excluding hydrogens is 214 g/mol. The van der Waals surface area contributed by atoms with E-state index < -0.39 is 0 Å². The maximum absolute atomic E-state index is 6.30. The fourth-order valence-electron chi connectivity index (χ4n) is 2.52. The van der Waals surface area contributed by atoms with Crippen LogP contribution in [0.3, 0.4) is 0 Å². The molecule has 0 saturated carbocycles. The molecule has 90 valence electrons. The van der Waals surface area contributed by atoms with Gasteiger partial charge in [-0.05, 0) is 43.1 Å². The summed E-state index contributed by atoms with van der Waals surface area (Å²) in [6.07, 6.45) is 1.15. The molecular formula is C13H17N3O. The standard InChI is InChI=1S/C13H17N3O/c1-8-16-11-3-2-9(6-12(11)17-8)13(14)10-4-5-15-7-10/h2-3,6,10,13,15H,4-5,7,14H2,1H3. The largest absolute Gasteiger partial charge is 0.441 e. The molecule has 3 rings (SSSR count). The topological polar surface area (TPSA) is 64.1 Å². The van der Waals surface area contributed by atoms with Gasteiger partial charge in [-0.25, -0.2) is 4.98 Å². The van der Waals surface area contributed by atoms with E-state index in [4.69, 9.17) is 10.2 Å². The van der Waals surface area contributed by atoms with Crippen LogP contribution in [0.5, 0.6) is 0 Å². The summed E-state index contributed by atoms with van der Waals surface area (Å²) in [5, 5.41) is 3.35. The smallest absolute Gasteiger partial charge is 0.192 e. The van der Waals surface area contributed by atoms with Crippen molar-refractivity contribution in [3.63, 3.8) is 0 Å². The van der Waals surface area contributed by atoms with Gasteiger partial charge in [-0.2, -0.15) is 0 Å². The third kappa shape index (κ3) is 1.94. The molecule has 1 aromatic heterocycles. The Balaban J connectivity index is 1.93. The minimum atomic E-state index is 0.0832. The Kier molecular flexibility index (Phi) is 2.61. The van der Waals surface area contributed by atoms with E-state index in [2.05, 4.69) is 16.4 Å². The number of hydrogen-bond donors (Lipinski definition) is 2. The van der Waals surface area contributed by atoms with E-state index in [-0.39, 0.29) is 6.04 Å². The number of aromatic nitrogens is 1. The Labute approximate surface area is 100 Å². The van der Waals surface area contributed by atoms with Crippen molar-refractivity contribution < 1.29 is 4.42 Å². The fourth-order valence-corrected chi connectivity index (χ4v) is 2.52. The highest BCUT2D eigenvalue weighted by atomic mass is 16.3. The van der Waals surface area contributed by atoms with E-state index >= 15 is 0 Å². The molecule has 0 bridgehead atoms. The van der Waals surface area contributed by atoms with E-state index in [1.54, 1.807) is 0 Å². The highest BCUT2D eigenvalue weighted by Gasteiger charge is 2.23. The van der Waals surface area contributed by atoms with Gasteiger partial charge in [0.2, 0.25) is 0 Å². The van der Waals surface area contributed by atoms with E-state index in [9.17, 15) is 0 Å². The predicted molar refractivity (Wildman–Crippen MR) is 66.7 cm³/mol. The van der Waals surface area contributed by atoms with Crippen molar-refractivity contribution >= 4 is 11.1 Å². The van der Waals surface area contributed by atoms with Crippen LogP contribution in [0.1, 0.15) is 23.9 Å². The lowest BCUT2D eigenvalue weighted by Crippen LogP contribution is -2.23. The normalized spacial score (nSPS) is 22.1. The third-order valence-corrected chi connectivity index (χ3v) is 3.51. The molecule has 1 aliphatic heterocycles. The van der Waals surface area contributed by atoms with E-state index in [0.717, 1.165) is 36.2 Å². The summed E-state index contributed by atoms with van der Waals surface area (Å²) in [6, 6.07) is 6.16. The summed E-state index contributed by atoms with van der Waals surface area (Å²) < 4.78 is 5.54. The van der Waals surface area contributed by atoms with Crippen molar-refractivity contribution in [2.75, 3.05) is 13.1 Å². The average Bonchev–Trinajstić information content (AvgIpc) is 2.94. The van der Waals surface area contributed by atoms with Crippen LogP contribution < -0.4 is 11.1 Å². The lowest BCUT2D eigenvalue weighted by molar-refractivity contribution is 0.469. The van der Waals surface area contributed by atoms with Crippen molar-refractivity contribution in [2.45, 2.75) is 19.4 Å². The molecule has 2 unspecified atom stereocenters. The molecule has 1 fully saturated rings. The Morgan fingerprint density at radius 3 is 3.18 bits per heavy atom. The molecule has 4 heteroatoms. The van der Waals surface area contributed by atoms with E-state index in [1.807, 2.05) is 19.1 Å². The number of rotatable bonds is 2. The summed E-state index contributed by atoms with van der Waals surface area (Å²) >= 11 is 0. The first kappa shape index (κ1) is 10.7. The van der Waals surface area contributed by atoms with E-state index in [1.165, 1.54) is 0 Å². The quantitative estimate of drug-likeness (QED) is 0.826. The molecule has 0 spiro atoms. The van der Waals surface area contributed by atoms with Crippen molar-refractivity contribution in [2.24, 2.45) is 11.7 Å². The summed E-state index contributed by atoms with van der Waals surface area (Å²) in [6.45, 7) is 3.94. The number of nitrogens with two attached hydrogens (primary N) is 1. The molecule has 3 N–H and O–H groups in total. The lowest BCUT2D eigenvalue weighted by Gasteiger charge is -2.18. The summed E-state index contributed by atoms with van der Waals surface area (Å²) in [5.74, 6) is 1.23. The molecule has 1 aromatic carbocycles. The van der Waals surface area contributed by atoms with Crippen LogP contribution in [-0.4, -0.2) is 18.1 Å². The Morgan fingerprint density at radius 2 is 2.41 bits per heavy atom. The van der Waals surface area contributed by atoms with E-state index in [0.29, 0.717) is 11.8 Å². The fraction of sp³-hybridized carbons (Fsp3) is 0.462. The summed E-state index contributed by atoms with van der Waals surface area (Å²) in [7, 11) is 0. The molecule has 2 aromatic rings. The van der Waals surface area contributed by atoms with Gasteiger partial charge in [-0.15, -0.1) is 0 Å². The monoisotopic (exact) mass is 231 g/mol. The Morgan fingerprint density at radius 1 is 1.53 bits per heavy atom. The number of aryl methyl sites for hydroxylation is 1. The highest BCUT2D eigenvalue weighted by Crippen LogP contribution is 2.27. The van der Waals surface area contributed by atoms with Crippen LogP contribution in [0.4, 0.5) is 0 Å². The molecule has 2 atom stereocenters. The second-order valence-electron chi connectivity index (χ2n) is 4.74. The molecule has 2 heterocycles. The lowest BCUT2D eigenvalue weighted by atomic mass is 9.93. The van der Waals surface area contributed by atoms with Crippen LogP contribution in [-0.2, 0) is 0 Å². The number of hydrogen-bond acceptors (Lipinski definition) is 4. The summed E-state index contributed by atoms with van der Waals surface area (Å²) in [5.41, 5.74) is 9.18. The zero-order valence-electron chi connectivity index (χ0n) is 9.94. The first-order chi connectivity index (χ1) is 8.24. The van der Waals surface area contributed by atoms with Gasteiger partial charge >= 0.3 is 0 Å². The van der Waals surface area contributed by atoms with Gasteiger partial charge < -0.3 is 15.5 Å². The van der Waals surface area contributed by atoms with Crippen molar-refractivity contribution in [3.05, 3.63) is 29.7 Å². The third-order valence-electron chi connectivity index (χ3n) is 3.51. The predicted octanol–water partition coefficient (Wildman–Crippen LogP) is 1.75. The van der Waals surface area contributed by atoms with Gasteiger partial charge in [-0.3, -0.25) is 0 Å². The Bertz CT molecular complexity index is 528. The first-order valence-electron chi connectivity index (χ1n) is 6.07. The van der Waals surface area contributed by atoms with Gasteiger partial charge in [-0.1, -0.05) is 6.07 Å². The number of oxazole rings is 1. The number of nitrogens with one attached hydrogen (secondary N) is 1. The van der Waals surface area contributed by atoms with Crippen molar-refractivity contribution in [3.8, 4) is 0 Å². The molecule has 4 nitrogen and oxygen atoms in total. The van der Waals surface area contributed by atoms with Crippen LogP contribution in [0, 0.1) is 12.8 Å². The molecule has 1 aliphatic rings. The molecule has 17 heavy (non-hydrogen) atoms. The van der Waals surface area contributed by atoms with Crippen LogP contribution in [0.15, 0.2) is 22.6 Å². The maximum Gasteiger partial charge on any atom is 0.192 e. The van der Waals surface area contributed by atoms with Crippen molar-refractivity contribution in [1.82, 2.24) is 10.3 Å². The average molecular weight is 231 g/mol. The van der Waals surface area contributed by atoms with Gasteiger partial charge in [0, 0.05) is 13.0 Å². The SMILES string of the molecule is Cc1nc2ccc(C(N)C3CCNC3)cc2o1. The molecule has 1 saturated heterocycles. The number of benzene rings is 1. The zero-order chi connectivity index (χ0) is 11.8. The van der Waals surface area contributed by atoms with Gasteiger partial charge in [0.25, 0.3) is 0 Å². The Hall–Kier alpha value is -1.39. The van der Waals surface area contributed by atoms with Crippen LogP contribution >= 0.6 is 0 Å². The van der Waals surface area contributed by atoms with Crippen LogP contribution in [0.25, 0.3) is 11.1 Å². The van der Waals surface area contributed by atoms with Gasteiger partial charge in [0.1, 0.15) is 5.52 Å². The first-order valence-corrected chi connectivity index (χ1v) is 6.07. The second kappa shape index (κ2) is 4.13. The maximum atomic E-state index is 6.30. The van der Waals surface area contributed by atoms with Crippen LogP contribution in [0.2, 0.25) is 0 Å². The van der Waals surface area contributed by atoms with Gasteiger partial charge in [0.05, 0.1) is 0 Å². The second-order valence-corrected chi connectivity index (χ2v) is 4.74. The minimum absolute atomic E-state index is 0.0832. The molecule has 0 aliphatic carbocycles. The minimum Gasteiger partial charge on any atom is -0.441 e. The van der Waals surface area contributed by atoms with Gasteiger partial charge in [0.15, 0.2) is 11.5 Å². The molecule has 0 radical (unpaired) electrons. The zero-order valence-corrected chi connectivity index (χ0v) is 9.94. The highest BCUT2D eigenvalue weighted by molar-refractivity contribution is 5.73. The van der Waals surface area contributed by atoms with Crippen molar-refractivity contribution in [1.29, 1.82) is 0 Å². The summed E-state index contributed by atoms with van der Waals surface area (Å²) in [4.78, 5) is 4.29. The number of fused-ring (bicyclic) bond motifs is 1. The molecule has 0 amide bonds.